The molecular formula is C15H18N2O. The largest absolute Gasteiger partial charge is 0.326 e. The molecule has 0 saturated heterocycles. The van der Waals surface area contributed by atoms with Crippen molar-refractivity contribution >= 4 is 11.6 Å². The fourth-order valence-electron chi connectivity index (χ4n) is 2.49. The topological polar surface area (TPSA) is 41.1 Å². The van der Waals surface area contributed by atoms with Gasteiger partial charge >= 0.3 is 0 Å². The van der Waals surface area contributed by atoms with Crippen molar-refractivity contribution in [2.45, 2.75) is 32.2 Å². The maximum absolute atomic E-state index is 11.2. The van der Waals surface area contributed by atoms with Crippen molar-refractivity contribution in [2.75, 3.05) is 11.9 Å². The van der Waals surface area contributed by atoms with Gasteiger partial charge in [-0.05, 0) is 36.5 Å². The van der Waals surface area contributed by atoms with Gasteiger partial charge in [-0.1, -0.05) is 18.1 Å². The smallest absolute Gasteiger partial charge is 0.221 e. The lowest BCUT2D eigenvalue weighted by Gasteiger charge is -2.26. The SMILES string of the molecule is C#CCNC1CCc2c(cccc2NC(C)=O)C1. The van der Waals surface area contributed by atoms with Gasteiger partial charge in [0.05, 0.1) is 6.54 Å². The van der Waals surface area contributed by atoms with Crippen LogP contribution in [0.15, 0.2) is 18.2 Å². The van der Waals surface area contributed by atoms with E-state index < -0.39 is 0 Å². The van der Waals surface area contributed by atoms with Crippen molar-refractivity contribution < 1.29 is 4.79 Å². The summed E-state index contributed by atoms with van der Waals surface area (Å²) in [6, 6.07) is 6.54. The molecule has 0 radical (unpaired) electrons. The quantitative estimate of drug-likeness (QED) is 0.792. The molecule has 1 unspecified atom stereocenters. The first-order valence-corrected chi connectivity index (χ1v) is 6.26. The fourth-order valence-corrected chi connectivity index (χ4v) is 2.49. The second kappa shape index (κ2) is 5.70. The second-order valence-corrected chi connectivity index (χ2v) is 4.65. The highest BCUT2D eigenvalue weighted by Gasteiger charge is 2.20. The number of rotatable bonds is 3. The van der Waals surface area contributed by atoms with E-state index >= 15 is 0 Å². The van der Waals surface area contributed by atoms with Gasteiger partial charge in [0.25, 0.3) is 0 Å². The lowest BCUT2D eigenvalue weighted by atomic mass is 9.87. The summed E-state index contributed by atoms with van der Waals surface area (Å²) < 4.78 is 0. The van der Waals surface area contributed by atoms with E-state index in [0.29, 0.717) is 12.6 Å². The van der Waals surface area contributed by atoms with E-state index in [2.05, 4.69) is 22.6 Å². The van der Waals surface area contributed by atoms with Gasteiger partial charge in [-0.15, -0.1) is 6.42 Å². The van der Waals surface area contributed by atoms with Crippen molar-refractivity contribution in [1.82, 2.24) is 5.32 Å². The normalized spacial score (nSPS) is 17.7. The Bertz CT molecular complexity index is 488. The molecule has 3 nitrogen and oxygen atoms in total. The van der Waals surface area contributed by atoms with Crippen LogP contribution in [0.3, 0.4) is 0 Å². The van der Waals surface area contributed by atoms with Crippen LogP contribution in [0.2, 0.25) is 0 Å². The Kier molecular flexibility index (Phi) is 4.01. The van der Waals surface area contributed by atoms with Gasteiger partial charge in [0.2, 0.25) is 5.91 Å². The number of terminal acetylenes is 1. The van der Waals surface area contributed by atoms with Crippen LogP contribution in [-0.4, -0.2) is 18.5 Å². The Labute approximate surface area is 108 Å². The Hall–Kier alpha value is -1.79. The number of hydrogen-bond donors (Lipinski definition) is 2. The zero-order valence-electron chi connectivity index (χ0n) is 10.6. The third-order valence-electron chi connectivity index (χ3n) is 3.29. The minimum atomic E-state index is -0.0176. The molecule has 3 heteroatoms. The molecule has 1 aliphatic rings. The van der Waals surface area contributed by atoms with Crippen LogP contribution < -0.4 is 10.6 Å². The minimum Gasteiger partial charge on any atom is -0.326 e. The molecule has 94 valence electrons. The highest BCUT2D eigenvalue weighted by Crippen LogP contribution is 2.28. The average molecular weight is 242 g/mol. The van der Waals surface area contributed by atoms with Gasteiger partial charge in [-0.25, -0.2) is 0 Å². The number of fused-ring (bicyclic) bond motifs is 1. The Morgan fingerprint density at radius 1 is 1.56 bits per heavy atom. The number of nitrogens with one attached hydrogen (secondary N) is 2. The van der Waals surface area contributed by atoms with Crippen molar-refractivity contribution in [1.29, 1.82) is 0 Å². The number of carbonyl (C=O) groups excluding carboxylic acids is 1. The number of hydrogen-bond acceptors (Lipinski definition) is 2. The number of amides is 1. The first kappa shape index (κ1) is 12.7. The van der Waals surface area contributed by atoms with E-state index in [1.807, 2.05) is 12.1 Å². The molecule has 0 spiro atoms. The van der Waals surface area contributed by atoms with Crippen LogP contribution in [0.1, 0.15) is 24.5 Å². The number of anilines is 1. The molecule has 1 amide bonds. The van der Waals surface area contributed by atoms with Crippen molar-refractivity contribution in [3.8, 4) is 12.3 Å². The lowest BCUT2D eigenvalue weighted by Crippen LogP contribution is -2.35. The maximum atomic E-state index is 11.2. The molecule has 0 aromatic heterocycles. The second-order valence-electron chi connectivity index (χ2n) is 4.65. The zero-order valence-corrected chi connectivity index (χ0v) is 10.6. The van der Waals surface area contributed by atoms with Gasteiger partial charge in [0, 0.05) is 18.7 Å². The van der Waals surface area contributed by atoms with Crippen LogP contribution in [-0.2, 0) is 17.6 Å². The average Bonchev–Trinajstić information content (AvgIpc) is 2.35. The van der Waals surface area contributed by atoms with Crippen LogP contribution in [0.25, 0.3) is 0 Å². The minimum absolute atomic E-state index is 0.0176. The Morgan fingerprint density at radius 2 is 2.39 bits per heavy atom. The monoisotopic (exact) mass is 242 g/mol. The summed E-state index contributed by atoms with van der Waals surface area (Å²) in [7, 11) is 0. The van der Waals surface area contributed by atoms with Crippen LogP contribution >= 0.6 is 0 Å². The van der Waals surface area contributed by atoms with Gasteiger partial charge in [0.1, 0.15) is 0 Å². The molecule has 2 rings (SSSR count). The molecular weight excluding hydrogens is 224 g/mol. The van der Waals surface area contributed by atoms with Crippen molar-refractivity contribution in [3.05, 3.63) is 29.3 Å². The number of benzene rings is 1. The maximum Gasteiger partial charge on any atom is 0.221 e. The summed E-state index contributed by atoms with van der Waals surface area (Å²) in [5, 5.41) is 6.25. The fraction of sp³-hybridized carbons (Fsp3) is 0.400. The predicted molar refractivity (Wildman–Crippen MR) is 73.4 cm³/mol. The molecule has 1 aliphatic carbocycles. The van der Waals surface area contributed by atoms with Gasteiger partial charge < -0.3 is 10.6 Å². The first-order chi connectivity index (χ1) is 8.70. The highest BCUT2D eigenvalue weighted by molar-refractivity contribution is 5.89. The zero-order chi connectivity index (χ0) is 13.0. The third kappa shape index (κ3) is 2.91. The Balaban J connectivity index is 2.14. The highest BCUT2D eigenvalue weighted by atomic mass is 16.1. The van der Waals surface area contributed by atoms with E-state index in [-0.39, 0.29) is 5.91 Å². The van der Waals surface area contributed by atoms with Crippen LogP contribution in [0.5, 0.6) is 0 Å². The van der Waals surface area contributed by atoms with Gasteiger partial charge in [-0.3, -0.25) is 4.79 Å². The molecule has 0 bridgehead atoms. The van der Waals surface area contributed by atoms with E-state index in [1.165, 1.54) is 11.1 Å². The van der Waals surface area contributed by atoms with E-state index in [0.717, 1.165) is 24.9 Å². The Morgan fingerprint density at radius 3 is 3.11 bits per heavy atom. The summed E-state index contributed by atoms with van der Waals surface area (Å²) in [5.41, 5.74) is 3.53. The molecule has 0 fully saturated rings. The predicted octanol–water partition coefficient (Wildman–Crippen LogP) is 1.73. The van der Waals surface area contributed by atoms with E-state index in [1.54, 1.807) is 6.92 Å². The summed E-state index contributed by atoms with van der Waals surface area (Å²) in [5.74, 6) is 2.59. The first-order valence-electron chi connectivity index (χ1n) is 6.26. The van der Waals surface area contributed by atoms with Gasteiger partial charge in [0.15, 0.2) is 0 Å². The molecule has 1 aromatic carbocycles. The summed E-state index contributed by atoms with van der Waals surface area (Å²) in [6.45, 7) is 2.16. The standard InChI is InChI=1S/C15H18N2O/c1-3-9-16-13-7-8-14-12(10-13)5-4-6-15(14)17-11(2)18/h1,4-6,13,16H,7-10H2,2H3,(H,17,18). The summed E-state index contributed by atoms with van der Waals surface area (Å²) >= 11 is 0. The molecule has 0 heterocycles. The summed E-state index contributed by atoms with van der Waals surface area (Å²) in [6.07, 6.45) is 8.28. The molecule has 1 atom stereocenters. The van der Waals surface area contributed by atoms with Crippen molar-refractivity contribution in [2.24, 2.45) is 0 Å². The van der Waals surface area contributed by atoms with Crippen LogP contribution in [0, 0.1) is 12.3 Å². The summed E-state index contributed by atoms with van der Waals surface area (Å²) in [4.78, 5) is 11.2. The molecule has 0 saturated carbocycles. The van der Waals surface area contributed by atoms with Gasteiger partial charge in [-0.2, -0.15) is 0 Å². The molecule has 18 heavy (non-hydrogen) atoms. The molecule has 2 N–H and O–H groups in total. The van der Waals surface area contributed by atoms with E-state index in [4.69, 9.17) is 6.42 Å². The number of carbonyl (C=O) groups is 1. The van der Waals surface area contributed by atoms with Crippen LogP contribution in [0.4, 0.5) is 5.69 Å². The van der Waals surface area contributed by atoms with Crippen molar-refractivity contribution in [3.63, 3.8) is 0 Å². The van der Waals surface area contributed by atoms with E-state index in [9.17, 15) is 4.79 Å². The molecule has 1 aromatic rings. The molecule has 0 aliphatic heterocycles. The lowest BCUT2D eigenvalue weighted by molar-refractivity contribution is -0.114. The third-order valence-corrected chi connectivity index (χ3v) is 3.29.